The Kier molecular flexibility index (Phi) is 3.56. The van der Waals surface area contributed by atoms with Gasteiger partial charge in [0.2, 0.25) is 0 Å². The predicted octanol–water partition coefficient (Wildman–Crippen LogP) is 6.04. The molecule has 0 spiro atoms. The molecule has 0 amide bonds. The van der Waals surface area contributed by atoms with Crippen molar-refractivity contribution >= 4 is 39.8 Å². The SMILES string of the molecule is CC1(C)Nc2c(ccc3c2C(=O)c2ccccc2C3=O)[C@H]2c3c(Cl)c4ccccc4n3C[C@H]21. The number of benzene rings is 3. The monoisotopic (exact) mass is 452 g/mol. The molecule has 3 aromatic carbocycles. The van der Waals surface area contributed by atoms with Crippen LogP contribution in [0.3, 0.4) is 0 Å². The van der Waals surface area contributed by atoms with Crippen LogP contribution in [0.25, 0.3) is 10.9 Å². The molecule has 2 atom stereocenters. The number of anilines is 1. The van der Waals surface area contributed by atoms with Gasteiger partial charge in [0.05, 0.1) is 16.3 Å². The summed E-state index contributed by atoms with van der Waals surface area (Å²) >= 11 is 6.98. The summed E-state index contributed by atoms with van der Waals surface area (Å²) in [6.45, 7) is 5.21. The fourth-order valence-electron chi connectivity index (χ4n) is 6.29. The number of hydrogen-bond donors (Lipinski definition) is 1. The van der Waals surface area contributed by atoms with E-state index >= 15 is 0 Å². The zero-order valence-electron chi connectivity index (χ0n) is 18.3. The summed E-state index contributed by atoms with van der Waals surface area (Å²) in [5, 5.41) is 5.52. The van der Waals surface area contributed by atoms with E-state index in [0.29, 0.717) is 22.3 Å². The Hall–Kier alpha value is -3.37. The van der Waals surface area contributed by atoms with Crippen LogP contribution in [0, 0.1) is 5.92 Å². The summed E-state index contributed by atoms with van der Waals surface area (Å²) in [7, 11) is 0. The number of nitrogens with zero attached hydrogens (tertiary/aromatic N) is 1. The van der Waals surface area contributed by atoms with Crippen LogP contribution in [0.15, 0.2) is 60.7 Å². The van der Waals surface area contributed by atoms with E-state index in [4.69, 9.17) is 11.6 Å². The first-order valence-corrected chi connectivity index (χ1v) is 11.7. The highest BCUT2D eigenvalue weighted by molar-refractivity contribution is 6.36. The van der Waals surface area contributed by atoms with Gasteiger partial charge in [-0.2, -0.15) is 0 Å². The van der Waals surface area contributed by atoms with E-state index < -0.39 is 0 Å². The number of nitrogens with one attached hydrogen (secondary N) is 1. The molecule has 5 heteroatoms. The van der Waals surface area contributed by atoms with Crippen molar-refractivity contribution < 1.29 is 9.59 Å². The summed E-state index contributed by atoms with van der Waals surface area (Å²) in [5.41, 5.74) is 5.70. The number of fused-ring (bicyclic) bond motifs is 10. The molecule has 33 heavy (non-hydrogen) atoms. The van der Waals surface area contributed by atoms with Crippen LogP contribution in [0.1, 0.15) is 62.9 Å². The lowest BCUT2D eigenvalue weighted by atomic mass is 9.69. The Morgan fingerprint density at radius 3 is 2.39 bits per heavy atom. The maximum Gasteiger partial charge on any atom is 0.196 e. The highest BCUT2D eigenvalue weighted by Gasteiger charge is 2.50. The van der Waals surface area contributed by atoms with Crippen molar-refractivity contribution in [1.82, 2.24) is 4.57 Å². The standard InChI is InChI=1S/C28H21ClN2O2/c1-28(2)19-13-31-20-10-6-5-9-16(20)23(29)25(31)21(19)17-11-12-18-22(24(17)30-28)27(33)15-8-4-3-7-14(15)26(18)32/h3-12,19,21,30H,13H2,1-2H3/t19-,21-/m1/s1. The number of ketones is 2. The van der Waals surface area contributed by atoms with E-state index in [1.807, 2.05) is 30.3 Å². The van der Waals surface area contributed by atoms with Gasteiger partial charge in [0.15, 0.2) is 11.6 Å². The van der Waals surface area contributed by atoms with Crippen LogP contribution in [0.5, 0.6) is 0 Å². The van der Waals surface area contributed by atoms with Crippen LogP contribution < -0.4 is 5.32 Å². The molecule has 1 N–H and O–H groups in total. The molecule has 3 aliphatic rings. The second kappa shape index (κ2) is 6.15. The summed E-state index contributed by atoms with van der Waals surface area (Å²) in [4.78, 5) is 27.0. The van der Waals surface area contributed by atoms with Gasteiger partial charge in [-0.05, 0) is 31.5 Å². The van der Waals surface area contributed by atoms with Gasteiger partial charge in [-0.1, -0.05) is 60.1 Å². The minimum absolute atomic E-state index is 0.0431. The summed E-state index contributed by atoms with van der Waals surface area (Å²) in [6.07, 6.45) is 0. The van der Waals surface area contributed by atoms with Gasteiger partial charge in [0.1, 0.15) is 0 Å². The fourth-order valence-corrected chi connectivity index (χ4v) is 6.67. The maximum atomic E-state index is 13.7. The van der Waals surface area contributed by atoms with Crippen LogP contribution in [0.2, 0.25) is 5.02 Å². The van der Waals surface area contributed by atoms with Crippen LogP contribution in [0.4, 0.5) is 5.69 Å². The van der Waals surface area contributed by atoms with Crippen molar-refractivity contribution in [3.05, 3.63) is 99.2 Å². The van der Waals surface area contributed by atoms with E-state index in [1.54, 1.807) is 18.2 Å². The lowest BCUT2D eigenvalue weighted by Crippen LogP contribution is -2.46. The smallest absolute Gasteiger partial charge is 0.196 e. The third-order valence-electron chi connectivity index (χ3n) is 7.86. The molecule has 7 rings (SSSR count). The van der Waals surface area contributed by atoms with Crippen molar-refractivity contribution in [3.8, 4) is 0 Å². The van der Waals surface area contributed by atoms with Crippen molar-refractivity contribution in [2.24, 2.45) is 5.92 Å². The second-order valence-electron chi connectivity index (χ2n) is 9.91. The van der Waals surface area contributed by atoms with Crippen molar-refractivity contribution in [3.63, 3.8) is 0 Å². The molecule has 0 fully saturated rings. The van der Waals surface area contributed by atoms with Gasteiger partial charge >= 0.3 is 0 Å². The predicted molar refractivity (Wildman–Crippen MR) is 130 cm³/mol. The van der Waals surface area contributed by atoms with Gasteiger partial charge in [-0.25, -0.2) is 0 Å². The fraction of sp³-hybridized carbons (Fsp3) is 0.214. The van der Waals surface area contributed by atoms with Gasteiger partial charge in [-0.15, -0.1) is 0 Å². The third kappa shape index (κ3) is 2.27. The molecule has 0 saturated heterocycles. The highest BCUT2D eigenvalue weighted by Crippen LogP contribution is 2.56. The topological polar surface area (TPSA) is 51.1 Å². The average Bonchev–Trinajstić information content (AvgIpc) is 3.34. The number of aromatic nitrogens is 1. The Morgan fingerprint density at radius 1 is 0.909 bits per heavy atom. The van der Waals surface area contributed by atoms with Gasteiger partial charge < -0.3 is 9.88 Å². The highest BCUT2D eigenvalue weighted by atomic mass is 35.5. The number of carbonyl (C=O) groups is 2. The maximum absolute atomic E-state index is 13.7. The largest absolute Gasteiger partial charge is 0.379 e. The lowest BCUT2D eigenvalue weighted by Gasteiger charge is -2.44. The first-order valence-electron chi connectivity index (χ1n) is 11.3. The summed E-state index contributed by atoms with van der Waals surface area (Å²) < 4.78 is 2.34. The van der Waals surface area contributed by atoms with Crippen molar-refractivity contribution in [1.29, 1.82) is 0 Å². The average molecular weight is 453 g/mol. The quantitative estimate of drug-likeness (QED) is 0.312. The lowest BCUT2D eigenvalue weighted by molar-refractivity contribution is 0.0979. The molecular formula is C28H21ClN2O2. The molecule has 3 heterocycles. The van der Waals surface area contributed by atoms with Gasteiger partial charge in [0.25, 0.3) is 0 Å². The molecule has 2 aliphatic heterocycles. The minimum Gasteiger partial charge on any atom is -0.379 e. The Labute approximate surface area is 196 Å². The molecule has 0 bridgehead atoms. The third-order valence-corrected chi connectivity index (χ3v) is 8.26. The Balaban J connectivity index is 1.52. The van der Waals surface area contributed by atoms with E-state index in [-0.39, 0.29) is 28.9 Å². The summed E-state index contributed by atoms with van der Waals surface area (Å²) in [6, 6.07) is 19.2. The zero-order chi connectivity index (χ0) is 22.6. The molecule has 1 aromatic heterocycles. The number of carbonyl (C=O) groups excluding carboxylic acids is 2. The van der Waals surface area contributed by atoms with E-state index in [2.05, 4.69) is 35.9 Å². The van der Waals surface area contributed by atoms with E-state index in [0.717, 1.165) is 39.4 Å². The number of rotatable bonds is 0. The first kappa shape index (κ1) is 19.1. The van der Waals surface area contributed by atoms with Gasteiger partial charge in [-0.3, -0.25) is 9.59 Å². The normalized spacial score (nSPS) is 21.7. The van der Waals surface area contributed by atoms with E-state index in [9.17, 15) is 9.59 Å². The zero-order valence-corrected chi connectivity index (χ0v) is 19.0. The van der Waals surface area contributed by atoms with Crippen LogP contribution in [-0.2, 0) is 6.54 Å². The number of para-hydroxylation sites is 1. The molecular weight excluding hydrogens is 432 g/mol. The molecule has 0 unspecified atom stereocenters. The molecule has 1 aliphatic carbocycles. The molecule has 4 aromatic rings. The second-order valence-corrected chi connectivity index (χ2v) is 10.3. The first-order chi connectivity index (χ1) is 15.9. The number of halogens is 1. The molecule has 162 valence electrons. The van der Waals surface area contributed by atoms with Crippen molar-refractivity contribution in [2.45, 2.75) is 31.8 Å². The summed E-state index contributed by atoms with van der Waals surface area (Å²) in [5.74, 6) is 0.120. The van der Waals surface area contributed by atoms with E-state index in [1.165, 1.54) is 0 Å². The molecule has 0 radical (unpaired) electrons. The molecule has 0 saturated carbocycles. The number of hydrogen-bond acceptors (Lipinski definition) is 3. The Morgan fingerprint density at radius 2 is 1.61 bits per heavy atom. The molecule has 4 nitrogen and oxygen atoms in total. The van der Waals surface area contributed by atoms with Crippen LogP contribution in [-0.4, -0.2) is 21.7 Å². The minimum atomic E-state index is -0.295. The Bertz CT molecular complexity index is 1560. The van der Waals surface area contributed by atoms with Crippen LogP contribution >= 0.6 is 11.6 Å². The van der Waals surface area contributed by atoms with Crippen molar-refractivity contribution in [2.75, 3.05) is 5.32 Å². The van der Waals surface area contributed by atoms with Gasteiger partial charge in [0, 0.05) is 57.2 Å².